The first-order valence-electron chi connectivity index (χ1n) is 15.7. The first-order chi connectivity index (χ1) is 31.4. The summed E-state index contributed by atoms with van der Waals surface area (Å²) in [5.41, 5.74) is 0. The molecule has 0 unspecified atom stereocenters. The van der Waals surface area contributed by atoms with E-state index in [-0.39, 0.29) is 0 Å². The lowest BCUT2D eigenvalue weighted by Crippen LogP contribution is -1.57. The molecule has 0 saturated heterocycles. The lowest BCUT2D eigenvalue weighted by atomic mass is 10.4. The van der Waals surface area contributed by atoms with Gasteiger partial charge in [0.1, 0.15) is 0 Å². The lowest BCUT2D eigenvalue weighted by Gasteiger charge is -1.57. The van der Waals surface area contributed by atoms with Crippen molar-refractivity contribution in [2.24, 2.45) is 0 Å². The maximum Gasteiger partial charge on any atom is 0.153 e. The monoisotopic (exact) mass is 761 g/mol. The van der Waals surface area contributed by atoms with Gasteiger partial charge in [-0.15, -0.1) is 0 Å². The highest BCUT2D eigenvalue weighted by molar-refractivity contribution is 5.52. The summed E-state index contributed by atoms with van der Waals surface area (Å²) in [4.78, 5) is 0. The third-order valence-electron chi connectivity index (χ3n) is 3.81. The van der Waals surface area contributed by atoms with Crippen LogP contribution in [0.25, 0.3) is 0 Å². The van der Waals surface area contributed by atoms with Crippen molar-refractivity contribution >= 4 is 0 Å². The SMILES string of the molecule is CC#CC#CC#CC#CC#CC#CC#CC#CC#CC#CC#CC#CC#CC#CC#CC#CC#CC#CC#CC#CC#CC#CC#CC#CC#CC#CC#CC#CC#CC#CC#N. The summed E-state index contributed by atoms with van der Waals surface area (Å²) in [6.45, 7) is 1.68. The summed E-state index contributed by atoms with van der Waals surface area (Å²) in [5.74, 6) is 149. The fraction of sp³-hybridized carbons (Fsp3) is 0.0161. The molecule has 0 aromatic rings. The molecule has 0 rings (SSSR count). The molecule has 0 N–H and O–H groups in total. The molecule has 0 bridgehead atoms. The first kappa shape index (κ1) is 49.3. The van der Waals surface area contributed by atoms with Gasteiger partial charge >= 0.3 is 0 Å². The van der Waals surface area contributed by atoms with Crippen LogP contribution in [0.4, 0.5) is 0 Å². The third-order valence-corrected chi connectivity index (χ3v) is 3.81. The third kappa shape index (κ3) is 48.3. The summed E-state index contributed by atoms with van der Waals surface area (Å²) >= 11 is 0. The van der Waals surface area contributed by atoms with Crippen molar-refractivity contribution < 1.29 is 0 Å². The van der Waals surface area contributed by atoms with Crippen LogP contribution in [-0.4, -0.2) is 0 Å². The van der Waals surface area contributed by atoms with E-state index in [4.69, 9.17) is 5.26 Å². The maximum absolute atomic E-state index is 8.20. The number of nitriles is 1. The molecular formula is C62H3N. The maximum atomic E-state index is 8.20. The van der Waals surface area contributed by atoms with E-state index in [2.05, 4.69) is 355 Å². The molecule has 0 aromatic carbocycles. The molecule has 0 spiro atoms. The molecule has 0 aliphatic heterocycles. The van der Waals surface area contributed by atoms with E-state index in [1.807, 2.05) is 0 Å². The van der Waals surface area contributed by atoms with Crippen LogP contribution in [0.2, 0.25) is 0 Å². The summed E-state index contributed by atoms with van der Waals surface area (Å²) in [5, 5.41) is 8.20. The van der Waals surface area contributed by atoms with Crippen molar-refractivity contribution in [2.75, 3.05) is 0 Å². The number of rotatable bonds is 0. The van der Waals surface area contributed by atoms with E-state index >= 15 is 0 Å². The van der Waals surface area contributed by atoms with Gasteiger partial charge in [-0.2, -0.15) is 5.26 Å². The van der Waals surface area contributed by atoms with Crippen LogP contribution in [0, 0.1) is 367 Å². The summed E-state index contributed by atoms with van der Waals surface area (Å²) < 4.78 is 0. The molecule has 0 amide bonds. The van der Waals surface area contributed by atoms with E-state index in [0.717, 1.165) is 0 Å². The van der Waals surface area contributed by atoms with Crippen LogP contribution in [0.3, 0.4) is 0 Å². The predicted molar refractivity (Wildman–Crippen MR) is 245 cm³/mol. The van der Waals surface area contributed by atoms with Gasteiger partial charge in [-0.05, 0) is 54.3 Å². The molecule has 0 fully saturated rings. The molecule has 0 aliphatic carbocycles. The Balaban J connectivity index is 4.59. The Bertz CT molecular complexity index is 4050. The van der Waals surface area contributed by atoms with Crippen molar-refractivity contribution in [2.45, 2.75) is 6.92 Å². The van der Waals surface area contributed by atoms with Crippen LogP contribution >= 0.6 is 0 Å². The molecule has 0 heterocycles. The Kier molecular flexibility index (Phi) is 37.8. The second kappa shape index (κ2) is 48.3. The Labute approximate surface area is 371 Å². The minimum absolute atomic E-state index is 1.63. The Hall–Kier alpha value is -13.7. The smallest absolute Gasteiger partial charge is 0.153 e. The minimum atomic E-state index is 1.63. The molecule has 0 radical (unpaired) electrons. The van der Waals surface area contributed by atoms with Gasteiger partial charge in [0.25, 0.3) is 0 Å². The van der Waals surface area contributed by atoms with Crippen molar-refractivity contribution in [3.63, 3.8) is 0 Å². The van der Waals surface area contributed by atoms with Crippen molar-refractivity contribution in [3.8, 4) is 361 Å². The Morgan fingerprint density at radius 2 is 0.206 bits per heavy atom. The summed E-state index contributed by atoms with van der Waals surface area (Å²) in [7, 11) is 0. The van der Waals surface area contributed by atoms with Crippen molar-refractivity contribution in [1.29, 1.82) is 5.26 Å². The van der Waals surface area contributed by atoms with E-state index < -0.39 is 0 Å². The topological polar surface area (TPSA) is 23.8 Å². The summed E-state index contributed by atoms with van der Waals surface area (Å²) in [6, 6.07) is 1.63. The number of hydrogen-bond donors (Lipinski definition) is 0. The average molecular weight is 762 g/mol. The van der Waals surface area contributed by atoms with Crippen LogP contribution in [0.1, 0.15) is 6.92 Å². The average Bonchev–Trinajstić information content (AvgIpc) is 3.29. The van der Waals surface area contributed by atoms with Crippen molar-refractivity contribution in [1.82, 2.24) is 0 Å². The van der Waals surface area contributed by atoms with Gasteiger partial charge in [0, 0.05) is 302 Å². The number of hydrogen-bond acceptors (Lipinski definition) is 1. The quantitative estimate of drug-likeness (QED) is 0.333. The standard InChI is InChI=1S/C62H3N/c1-2-3-4-5-6-7-8-9-10-11-12-13-14-15-16-17-18-19-20-21-22-23-24-25-26-27-28-29-30-31-32-33-34-35-36-37-38-39-40-41-42-43-44-45-46-47-48-49-50-51-52-53-54-55-56-57-58-59-60-61-62-63/h1H3. The highest BCUT2D eigenvalue weighted by Crippen LogP contribution is 1.63. The largest absolute Gasteiger partial charge is 0.183 e. The van der Waals surface area contributed by atoms with Gasteiger partial charge in [-0.25, -0.2) is 0 Å². The summed E-state index contributed by atoms with van der Waals surface area (Å²) in [6.07, 6.45) is 0. The van der Waals surface area contributed by atoms with Crippen LogP contribution in [0.15, 0.2) is 0 Å². The zero-order chi connectivity index (χ0) is 45.1. The fourth-order valence-corrected chi connectivity index (χ4v) is 1.87. The molecule has 63 heavy (non-hydrogen) atoms. The van der Waals surface area contributed by atoms with E-state index in [9.17, 15) is 0 Å². The van der Waals surface area contributed by atoms with Gasteiger partial charge in [0.15, 0.2) is 6.07 Å². The Morgan fingerprint density at radius 3 is 0.286 bits per heavy atom. The van der Waals surface area contributed by atoms with E-state index in [1.165, 1.54) is 0 Å². The minimum Gasteiger partial charge on any atom is -0.183 e. The Morgan fingerprint density at radius 1 is 0.127 bits per heavy atom. The van der Waals surface area contributed by atoms with Crippen LogP contribution < -0.4 is 0 Å². The zero-order valence-electron chi connectivity index (χ0n) is 31.9. The van der Waals surface area contributed by atoms with Crippen molar-refractivity contribution in [3.05, 3.63) is 0 Å². The molecule has 1 nitrogen and oxygen atoms in total. The molecule has 0 aromatic heterocycles. The normalized spacial score (nSPS) is 3.94. The molecule has 256 valence electrons. The molecular weight excluding hydrogens is 759 g/mol. The van der Waals surface area contributed by atoms with Gasteiger partial charge < -0.3 is 0 Å². The van der Waals surface area contributed by atoms with Gasteiger partial charge in [-0.3, -0.25) is 0 Å². The van der Waals surface area contributed by atoms with Crippen LogP contribution in [0.5, 0.6) is 0 Å². The van der Waals surface area contributed by atoms with Gasteiger partial charge in [-0.1, -0.05) is 5.92 Å². The molecule has 0 saturated carbocycles. The first-order valence-corrected chi connectivity index (χ1v) is 15.7. The molecule has 0 aliphatic rings. The zero-order valence-corrected chi connectivity index (χ0v) is 31.9. The number of nitrogens with zero attached hydrogens (tertiary/aromatic N) is 1. The highest BCUT2D eigenvalue weighted by atomic mass is 14.2. The molecule has 1 heteroatoms. The van der Waals surface area contributed by atoms with Crippen LogP contribution in [-0.2, 0) is 0 Å². The van der Waals surface area contributed by atoms with E-state index in [0.29, 0.717) is 0 Å². The van der Waals surface area contributed by atoms with E-state index in [1.54, 1.807) is 13.0 Å². The fourth-order valence-electron chi connectivity index (χ4n) is 1.87. The predicted octanol–water partition coefficient (Wildman–Crippen LogP) is 0.632. The lowest BCUT2D eigenvalue weighted by molar-refractivity contribution is 1.55. The van der Waals surface area contributed by atoms with Gasteiger partial charge in [0.05, 0.1) is 0 Å². The highest BCUT2D eigenvalue weighted by Gasteiger charge is 1.63. The second-order valence-electron chi connectivity index (χ2n) is 7.74. The van der Waals surface area contributed by atoms with Gasteiger partial charge in [0.2, 0.25) is 0 Å². The molecule has 0 atom stereocenters. The second-order valence-corrected chi connectivity index (χ2v) is 7.74.